The molecular formula is C23H26BFN2O5S. The lowest BCUT2D eigenvalue weighted by molar-refractivity contribution is -0.0589. The molecule has 0 spiro atoms. The molecule has 7 nitrogen and oxygen atoms in total. The Balaban J connectivity index is 1.43. The normalized spacial score (nSPS) is 22.0. The molecule has 2 fully saturated rings. The van der Waals surface area contributed by atoms with Crippen LogP contribution in [0.2, 0.25) is 0 Å². The lowest BCUT2D eigenvalue weighted by Crippen LogP contribution is -2.35. The number of ether oxygens (including phenoxy) is 2. The fourth-order valence-corrected chi connectivity index (χ4v) is 5.02. The SMILES string of the molecule is COC(=O)c1cc2c(nc(Cc3ccc(B4OC(C)C(C)(C)O4)cc3F)n2CC2CCO2)s1. The molecule has 0 N–H and O–H groups in total. The zero-order valence-corrected chi connectivity index (χ0v) is 19.9. The van der Waals surface area contributed by atoms with E-state index in [1.807, 2.05) is 31.4 Å². The summed E-state index contributed by atoms with van der Waals surface area (Å²) in [5.41, 5.74) is 1.60. The maximum atomic E-state index is 15.1. The quantitative estimate of drug-likeness (QED) is 0.405. The van der Waals surface area contributed by atoms with Gasteiger partial charge in [-0.15, -0.1) is 11.3 Å². The van der Waals surface area contributed by atoms with Crippen LogP contribution in [-0.4, -0.2) is 54.2 Å². The van der Waals surface area contributed by atoms with Crippen LogP contribution in [0.25, 0.3) is 10.3 Å². The van der Waals surface area contributed by atoms with Crippen LogP contribution >= 0.6 is 11.3 Å². The predicted molar refractivity (Wildman–Crippen MR) is 124 cm³/mol. The van der Waals surface area contributed by atoms with Gasteiger partial charge in [-0.05, 0) is 50.4 Å². The number of aromatic nitrogens is 2. The van der Waals surface area contributed by atoms with Crippen molar-refractivity contribution in [1.82, 2.24) is 9.55 Å². The number of carbonyl (C=O) groups is 1. The fraction of sp³-hybridized carbons (Fsp3) is 0.478. The summed E-state index contributed by atoms with van der Waals surface area (Å²) in [4.78, 5) is 17.9. The van der Waals surface area contributed by atoms with Gasteiger partial charge in [0.25, 0.3) is 0 Å². The number of halogens is 1. The second kappa shape index (κ2) is 8.50. The van der Waals surface area contributed by atoms with E-state index in [0.717, 1.165) is 29.2 Å². The Bertz CT molecular complexity index is 1210. The van der Waals surface area contributed by atoms with E-state index in [4.69, 9.17) is 23.8 Å². The third-order valence-electron chi connectivity index (χ3n) is 6.51. The van der Waals surface area contributed by atoms with Crippen molar-refractivity contribution in [1.29, 1.82) is 0 Å². The number of imidazole rings is 1. The smallest absolute Gasteiger partial charge is 0.465 e. The van der Waals surface area contributed by atoms with E-state index in [-0.39, 0.29) is 24.0 Å². The van der Waals surface area contributed by atoms with Gasteiger partial charge >= 0.3 is 13.1 Å². The largest absolute Gasteiger partial charge is 0.494 e. The Morgan fingerprint density at radius 3 is 2.79 bits per heavy atom. The van der Waals surface area contributed by atoms with Gasteiger partial charge in [0.2, 0.25) is 0 Å². The summed E-state index contributed by atoms with van der Waals surface area (Å²) in [6, 6.07) is 6.88. The Morgan fingerprint density at radius 1 is 1.39 bits per heavy atom. The highest BCUT2D eigenvalue weighted by Crippen LogP contribution is 2.30. The van der Waals surface area contributed by atoms with Crippen molar-refractivity contribution in [2.45, 2.75) is 58.0 Å². The zero-order valence-electron chi connectivity index (χ0n) is 19.1. The van der Waals surface area contributed by atoms with Gasteiger partial charge in [-0.3, -0.25) is 0 Å². The number of esters is 1. The number of carbonyl (C=O) groups excluding carboxylic acids is 1. The van der Waals surface area contributed by atoms with Gasteiger partial charge in [0.1, 0.15) is 21.3 Å². The Labute approximate surface area is 195 Å². The molecule has 3 aromatic rings. The summed E-state index contributed by atoms with van der Waals surface area (Å²) in [5.74, 6) is 0.0181. The maximum Gasteiger partial charge on any atom is 0.494 e. The first-order valence-corrected chi connectivity index (χ1v) is 11.9. The van der Waals surface area contributed by atoms with Gasteiger partial charge in [0, 0.05) is 13.0 Å². The summed E-state index contributed by atoms with van der Waals surface area (Å²) in [6.45, 7) is 7.23. The van der Waals surface area contributed by atoms with E-state index in [2.05, 4.69) is 0 Å². The number of rotatable bonds is 6. The highest BCUT2D eigenvalue weighted by Gasteiger charge is 2.44. The molecule has 2 saturated heterocycles. The van der Waals surface area contributed by atoms with E-state index in [9.17, 15) is 4.79 Å². The molecular weight excluding hydrogens is 446 g/mol. The summed E-state index contributed by atoms with van der Waals surface area (Å²) in [7, 11) is 0.774. The third kappa shape index (κ3) is 4.21. The molecule has 0 bridgehead atoms. The molecule has 2 aromatic heterocycles. The van der Waals surface area contributed by atoms with Crippen molar-refractivity contribution >= 4 is 40.2 Å². The Hall–Kier alpha value is -2.27. The summed E-state index contributed by atoms with van der Waals surface area (Å²) >= 11 is 1.28. The molecule has 4 heterocycles. The van der Waals surface area contributed by atoms with Crippen LogP contribution in [0.3, 0.4) is 0 Å². The zero-order chi connectivity index (χ0) is 23.3. The van der Waals surface area contributed by atoms with Crippen LogP contribution in [0.5, 0.6) is 0 Å². The summed E-state index contributed by atoms with van der Waals surface area (Å²) < 4.78 is 39.4. The second-order valence-electron chi connectivity index (χ2n) is 9.07. The lowest BCUT2D eigenvalue weighted by atomic mass is 9.78. The minimum Gasteiger partial charge on any atom is -0.465 e. The topological polar surface area (TPSA) is 71.8 Å². The molecule has 33 heavy (non-hydrogen) atoms. The number of benzene rings is 1. The average Bonchev–Trinajstić information content (AvgIpc) is 3.37. The maximum absolute atomic E-state index is 15.1. The predicted octanol–water partition coefficient (Wildman–Crippen LogP) is 3.31. The van der Waals surface area contributed by atoms with E-state index < -0.39 is 12.7 Å². The first-order chi connectivity index (χ1) is 15.7. The van der Waals surface area contributed by atoms with Crippen LogP contribution in [0.4, 0.5) is 4.39 Å². The highest BCUT2D eigenvalue weighted by atomic mass is 32.1. The van der Waals surface area contributed by atoms with Crippen LogP contribution < -0.4 is 5.46 Å². The molecule has 0 saturated carbocycles. The monoisotopic (exact) mass is 472 g/mol. The van der Waals surface area contributed by atoms with Crippen LogP contribution in [0, 0.1) is 5.82 Å². The molecule has 0 radical (unpaired) electrons. The van der Waals surface area contributed by atoms with Crippen LogP contribution in [-0.2, 0) is 31.7 Å². The number of methoxy groups -OCH3 is 1. The van der Waals surface area contributed by atoms with Crippen LogP contribution in [0.15, 0.2) is 24.3 Å². The molecule has 2 atom stereocenters. The molecule has 0 amide bonds. The number of fused-ring (bicyclic) bond motifs is 1. The van der Waals surface area contributed by atoms with Crippen molar-refractivity contribution in [3.63, 3.8) is 0 Å². The minimum absolute atomic E-state index is 0.0886. The van der Waals surface area contributed by atoms with Gasteiger partial charge in [-0.25, -0.2) is 14.2 Å². The average molecular weight is 472 g/mol. The van der Waals surface area contributed by atoms with Gasteiger partial charge in [-0.1, -0.05) is 12.1 Å². The van der Waals surface area contributed by atoms with Gasteiger partial charge in [0.05, 0.1) is 37.0 Å². The number of thiophene rings is 1. The summed E-state index contributed by atoms with van der Waals surface area (Å²) in [6.07, 6.45) is 1.29. The van der Waals surface area contributed by atoms with Crippen molar-refractivity contribution in [2.75, 3.05) is 13.7 Å². The molecule has 5 rings (SSSR count). The van der Waals surface area contributed by atoms with Crippen molar-refractivity contribution < 1.29 is 28.0 Å². The fourth-order valence-electron chi connectivity index (χ4n) is 4.05. The third-order valence-corrected chi connectivity index (χ3v) is 7.51. The molecule has 174 valence electrons. The van der Waals surface area contributed by atoms with Gasteiger partial charge in [0.15, 0.2) is 0 Å². The standard InChI is InChI=1S/C23H26BFN2O5S/c1-13-23(2,3)32-24(31-13)15-6-5-14(17(25)10-15)9-20-26-21-18(11-19(33-21)22(28)29-4)27(20)12-16-7-8-30-16/h5-6,10-11,13,16H,7-9,12H2,1-4H3. The lowest BCUT2D eigenvalue weighted by Gasteiger charge is -2.27. The molecule has 10 heteroatoms. The number of hydrogen-bond donors (Lipinski definition) is 0. The second-order valence-corrected chi connectivity index (χ2v) is 10.1. The van der Waals surface area contributed by atoms with E-state index >= 15 is 4.39 Å². The van der Waals surface area contributed by atoms with Gasteiger partial charge < -0.3 is 23.3 Å². The number of hydrogen-bond acceptors (Lipinski definition) is 7. The van der Waals surface area contributed by atoms with Crippen molar-refractivity contribution in [3.05, 3.63) is 46.3 Å². The first kappa shape index (κ1) is 22.5. The molecule has 2 aliphatic rings. The van der Waals surface area contributed by atoms with Crippen molar-refractivity contribution in [2.24, 2.45) is 0 Å². The molecule has 0 aliphatic carbocycles. The number of nitrogens with zero attached hydrogens (tertiary/aromatic N) is 2. The van der Waals surface area contributed by atoms with E-state index in [0.29, 0.717) is 28.9 Å². The highest BCUT2D eigenvalue weighted by molar-refractivity contribution is 7.20. The van der Waals surface area contributed by atoms with Crippen LogP contribution in [0.1, 0.15) is 48.3 Å². The first-order valence-electron chi connectivity index (χ1n) is 11.1. The molecule has 2 unspecified atom stereocenters. The van der Waals surface area contributed by atoms with E-state index in [1.54, 1.807) is 12.1 Å². The van der Waals surface area contributed by atoms with Gasteiger partial charge in [-0.2, -0.15) is 0 Å². The minimum atomic E-state index is -0.585. The molecule has 2 aliphatic heterocycles. The summed E-state index contributed by atoms with van der Waals surface area (Å²) in [5, 5.41) is 0. The Morgan fingerprint density at radius 2 is 2.18 bits per heavy atom. The van der Waals surface area contributed by atoms with E-state index in [1.165, 1.54) is 24.5 Å². The molecule has 1 aromatic carbocycles. The Kier molecular flexibility index (Phi) is 5.80. The van der Waals surface area contributed by atoms with Crippen molar-refractivity contribution in [3.8, 4) is 0 Å².